The van der Waals surface area contributed by atoms with Gasteiger partial charge in [-0.3, -0.25) is 4.79 Å². The SMILES string of the molecule is CNCCNC(=O)CCc1cc(Br)cs1. The number of carbonyl (C=O) groups excluding carboxylic acids is 1. The van der Waals surface area contributed by atoms with Gasteiger partial charge in [0.25, 0.3) is 0 Å². The summed E-state index contributed by atoms with van der Waals surface area (Å²) in [4.78, 5) is 12.6. The fraction of sp³-hybridized carbons (Fsp3) is 0.500. The Morgan fingerprint density at radius 3 is 2.93 bits per heavy atom. The first kappa shape index (κ1) is 12.7. The summed E-state index contributed by atoms with van der Waals surface area (Å²) in [6.07, 6.45) is 1.39. The zero-order valence-corrected chi connectivity index (χ0v) is 11.1. The van der Waals surface area contributed by atoms with Crippen LogP contribution in [0.1, 0.15) is 11.3 Å². The van der Waals surface area contributed by atoms with Crippen LogP contribution in [0.25, 0.3) is 0 Å². The van der Waals surface area contributed by atoms with E-state index in [2.05, 4.69) is 32.6 Å². The molecule has 1 amide bonds. The standard InChI is InChI=1S/C10H15BrN2OS/c1-12-4-5-13-10(14)3-2-9-6-8(11)7-15-9/h6-7,12H,2-5H2,1H3,(H,13,14). The molecule has 3 nitrogen and oxygen atoms in total. The number of amides is 1. The molecule has 0 saturated carbocycles. The number of rotatable bonds is 6. The molecule has 0 aromatic carbocycles. The maximum absolute atomic E-state index is 11.4. The fourth-order valence-corrected chi connectivity index (χ4v) is 2.59. The van der Waals surface area contributed by atoms with Crippen LogP contribution >= 0.6 is 27.3 Å². The lowest BCUT2D eigenvalue weighted by Crippen LogP contribution is -2.30. The van der Waals surface area contributed by atoms with Crippen molar-refractivity contribution in [2.75, 3.05) is 20.1 Å². The monoisotopic (exact) mass is 290 g/mol. The van der Waals surface area contributed by atoms with Crippen LogP contribution in [0.5, 0.6) is 0 Å². The Balaban J connectivity index is 2.16. The van der Waals surface area contributed by atoms with E-state index in [1.807, 2.05) is 12.4 Å². The summed E-state index contributed by atoms with van der Waals surface area (Å²) >= 11 is 5.07. The minimum atomic E-state index is 0.120. The number of thiophene rings is 1. The highest BCUT2D eigenvalue weighted by atomic mass is 79.9. The van der Waals surface area contributed by atoms with E-state index in [4.69, 9.17) is 0 Å². The van der Waals surface area contributed by atoms with Gasteiger partial charge < -0.3 is 10.6 Å². The van der Waals surface area contributed by atoms with Gasteiger partial charge in [0.1, 0.15) is 0 Å². The molecular formula is C10H15BrN2OS. The van der Waals surface area contributed by atoms with Crippen LogP contribution in [0.4, 0.5) is 0 Å². The van der Waals surface area contributed by atoms with Crippen molar-refractivity contribution in [1.82, 2.24) is 10.6 Å². The highest BCUT2D eigenvalue weighted by Gasteiger charge is 2.03. The lowest BCUT2D eigenvalue weighted by atomic mass is 10.2. The van der Waals surface area contributed by atoms with Crippen molar-refractivity contribution in [1.29, 1.82) is 0 Å². The average molecular weight is 291 g/mol. The third kappa shape index (κ3) is 5.30. The van der Waals surface area contributed by atoms with Crippen LogP contribution in [0.15, 0.2) is 15.9 Å². The largest absolute Gasteiger partial charge is 0.355 e. The van der Waals surface area contributed by atoms with Gasteiger partial charge in [-0.25, -0.2) is 0 Å². The van der Waals surface area contributed by atoms with Gasteiger partial charge in [0.15, 0.2) is 0 Å². The average Bonchev–Trinajstić information content (AvgIpc) is 2.62. The van der Waals surface area contributed by atoms with E-state index < -0.39 is 0 Å². The summed E-state index contributed by atoms with van der Waals surface area (Å²) in [5.41, 5.74) is 0. The summed E-state index contributed by atoms with van der Waals surface area (Å²) in [5, 5.41) is 7.87. The molecule has 0 aliphatic rings. The highest BCUT2D eigenvalue weighted by molar-refractivity contribution is 9.10. The number of hydrogen-bond donors (Lipinski definition) is 2. The Bertz CT molecular complexity index is 314. The predicted molar refractivity (Wildman–Crippen MR) is 67.3 cm³/mol. The Hall–Kier alpha value is -0.390. The van der Waals surface area contributed by atoms with Crippen molar-refractivity contribution >= 4 is 33.2 Å². The fourth-order valence-electron chi connectivity index (χ4n) is 1.14. The number of aryl methyl sites for hydroxylation is 1. The third-order valence-corrected chi connectivity index (χ3v) is 3.67. The molecule has 84 valence electrons. The van der Waals surface area contributed by atoms with E-state index in [1.165, 1.54) is 4.88 Å². The molecule has 5 heteroatoms. The molecule has 1 aromatic rings. The van der Waals surface area contributed by atoms with Gasteiger partial charge in [0.2, 0.25) is 5.91 Å². The maximum atomic E-state index is 11.4. The van der Waals surface area contributed by atoms with Crippen molar-refractivity contribution in [3.8, 4) is 0 Å². The summed E-state index contributed by atoms with van der Waals surface area (Å²) in [7, 11) is 1.87. The third-order valence-electron chi connectivity index (χ3n) is 1.92. The Morgan fingerprint density at radius 1 is 1.53 bits per heavy atom. The van der Waals surface area contributed by atoms with Crippen molar-refractivity contribution in [3.05, 3.63) is 20.8 Å². The molecule has 1 rings (SSSR count). The van der Waals surface area contributed by atoms with Gasteiger partial charge >= 0.3 is 0 Å². The molecule has 2 N–H and O–H groups in total. The number of carbonyl (C=O) groups is 1. The molecule has 1 aromatic heterocycles. The Morgan fingerprint density at radius 2 is 2.33 bits per heavy atom. The molecule has 0 radical (unpaired) electrons. The van der Waals surface area contributed by atoms with Crippen LogP contribution in [0.2, 0.25) is 0 Å². The van der Waals surface area contributed by atoms with Gasteiger partial charge in [-0.1, -0.05) is 0 Å². The quantitative estimate of drug-likeness (QED) is 0.784. The Kier molecular flexibility index (Phi) is 5.90. The summed E-state index contributed by atoms with van der Waals surface area (Å²) in [5.74, 6) is 0.120. The van der Waals surface area contributed by atoms with Crippen molar-refractivity contribution in [2.24, 2.45) is 0 Å². The molecule has 0 bridgehead atoms. The van der Waals surface area contributed by atoms with Gasteiger partial charge in [0, 0.05) is 34.2 Å². The highest BCUT2D eigenvalue weighted by Crippen LogP contribution is 2.20. The molecular weight excluding hydrogens is 276 g/mol. The molecule has 0 aliphatic carbocycles. The predicted octanol–water partition coefficient (Wildman–Crippen LogP) is 1.78. The molecule has 0 spiro atoms. The normalized spacial score (nSPS) is 10.3. The zero-order chi connectivity index (χ0) is 11.1. The van der Waals surface area contributed by atoms with Crippen molar-refractivity contribution in [2.45, 2.75) is 12.8 Å². The van der Waals surface area contributed by atoms with Crippen LogP contribution < -0.4 is 10.6 Å². The number of hydrogen-bond acceptors (Lipinski definition) is 3. The second-order valence-electron chi connectivity index (χ2n) is 3.18. The summed E-state index contributed by atoms with van der Waals surface area (Å²) in [6, 6.07) is 2.06. The van der Waals surface area contributed by atoms with Gasteiger partial charge in [-0.05, 0) is 35.5 Å². The van der Waals surface area contributed by atoms with Crippen molar-refractivity contribution in [3.63, 3.8) is 0 Å². The van der Waals surface area contributed by atoms with E-state index in [1.54, 1.807) is 11.3 Å². The first-order chi connectivity index (χ1) is 7.22. The molecule has 0 fully saturated rings. The molecule has 0 aliphatic heterocycles. The molecule has 0 saturated heterocycles. The molecule has 0 unspecified atom stereocenters. The number of likely N-dealkylation sites (N-methyl/N-ethyl adjacent to an activating group) is 1. The lowest BCUT2D eigenvalue weighted by molar-refractivity contribution is -0.121. The second kappa shape index (κ2) is 6.98. The van der Waals surface area contributed by atoms with E-state index in [9.17, 15) is 4.79 Å². The molecule has 15 heavy (non-hydrogen) atoms. The van der Waals surface area contributed by atoms with Gasteiger partial charge in [0.05, 0.1) is 0 Å². The van der Waals surface area contributed by atoms with Crippen LogP contribution in [-0.2, 0) is 11.2 Å². The van der Waals surface area contributed by atoms with E-state index >= 15 is 0 Å². The lowest BCUT2D eigenvalue weighted by Gasteiger charge is -2.03. The zero-order valence-electron chi connectivity index (χ0n) is 8.68. The second-order valence-corrected chi connectivity index (χ2v) is 5.10. The number of nitrogens with one attached hydrogen (secondary N) is 2. The topological polar surface area (TPSA) is 41.1 Å². The van der Waals surface area contributed by atoms with Gasteiger partial charge in [-0.2, -0.15) is 0 Å². The van der Waals surface area contributed by atoms with E-state index in [-0.39, 0.29) is 5.91 Å². The van der Waals surface area contributed by atoms with Crippen LogP contribution in [-0.4, -0.2) is 26.0 Å². The first-order valence-electron chi connectivity index (χ1n) is 4.86. The minimum Gasteiger partial charge on any atom is -0.355 e. The maximum Gasteiger partial charge on any atom is 0.220 e. The number of halogens is 1. The van der Waals surface area contributed by atoms with Gasteiger partial charge in [-0.15, -0.1) is 11.3 Å². The van der Waals surface area contributed by atoms with Crippen molar-refractivity contribution < 1.29 is 4.79 Å². The van der Waals surface area contributed by atoms with Crippen LogP contribution in [0, 0.1) is 0 Å². The van der Waals surface area contributed by atoms with E-state index in [0.717, 1.165) is 17.4 Å². The van der Waals surface area contributed by atoms with Crippen LogP contribution in [0.3, 0.4) is 0 Å². The minimum absolute atomic E-state index is 0.120. The summed E-state index contributed by atoms with van der Waals surface area (Å²) in [6.45, 7) is 1.51. The Labute approximate surface area is 102 Å². The molecule has 0 atom stereocenters. The first-order valence-corrected chi connectivity index (χ1v) is 6.54. The smallest absolute Gasteiger partial charge is 0.220 e. The van der Waals surface area contributed by atoms with E-state index in [0.29, 0.717) is 13.0 Å². The summed E-state index contributed by atoms with van der Waals surface area (Å²) < 4.78 is 1.10. The molecule has 1 heterocycles.